The van der Waals surface area contributed by atoms with Gasteiger partial charge in [0.25, 0.3) is 11.5 Å². The molecule has 4 aromatic rings. The van der Waals surface area contributed by atoms with Crippen molar-refractivity contribution in [2.75, 3.05) is 13.1 Å². The lowest BCUT2D eigenvalue weighted by Crippen LogP contribution is -2.37. The number of ketones is 1. The molecule has 202 valence electrons. The minimum absolute atomic E-state index is 0.0610. The molecule has 1 N–H and O–H groups in total. The summed E-state index contributed by atoms with van der Waals surface area (Å²) in [6.45, 7) is 8.31. The average Bonchev–Trinajstić information content (AvgIpc) is 3.30. The van der Waals surface area contributed by atoms with Crippen molar-refractivity contribution in [3.05, 3.63) is 111 Å². The zero-order valence-electron chi connectivity index (χ0n) is 23.3. The van der Waals surface area contributed by atoms with Crippen molar-refractivity contribution in [3.63, 3.8) is 0 Å². The number of rotatable bonds is 11. The van der Waals surface area contributed by atoms with Crippen molar-refractivity contribution in [3.8, 4) is 16.9 Å². The number of unbranched alkanes of at least 4 members (excludes halogenated alkanes) is 1. The second-order valence-electron chi connectivity index (χ2n) is 10.0. The molecule has 39 heavy (non-hydrogen) atoms. The van der Waals surface area contributed by atoms with Gasteiger partial charge in [-0.15, -0.1) is 0 Å². The van der Waals surface area contributed by atoms with Crippen molar-refractivity contribution < 1.29 is 9.59 Å². The molecule has 0 aliphatic rings. The SMILES string of the molecule is CCCCc1ccc(C(=O)N(CCC)CC(=O)c2c(-c3ccccc3)[nH]n(-c3cccc(C)c3C)c2=O)cc1. The summed E-state index contributed by atoms with van der Waals surface area (Å²) in [4.78, 5) is 42.6. The third-order valence-electron chi connectivity index (χ3n) is 7.18. The number of aryl methyl sites for hydroxylation is 2. The van der Waals surface area contributed by atoms with Crippen molar-refractivity contribution in [1.82, 2.24) is 14.7 Å². The quantitative estimate of drug-likeness (QED) is 0.227. The molecule has 6 heteroatoms. The monoisotopic (exact) mass is 523 g/mol. The van der Waals surface area contributed by atoms with E-state index in [1.165, 1.54) is 10.2 Å². The van der Waals surface area contributed by atoms with Crippen LogP contribution in [0.5, 0.6) is 0 Å². The van der Waals surface area contributed by atoms with Crippen LogP contribution in [0.4, 0.5) is 0 Å². The van der Waals surface area contributed by atoms with Crippen LogP contribution >= 0.6 is 0 Å². The first-order valence-corrected chi connectivity index (χ1v) is 13.7. The van der Waals surface area contributed by atoms with Crippen LogP contribution < -0.4 is 5.56 Å². The van der Waals surface area contributed by atoms with Crippen LogP contribution in [-0.2, 0) is 6.42 Å². The van der Waals surface area contributed by atoms with Crippen LogP contribution in [0.15, 0.2) is 77.6 Å². The predicted molar refractivity (Wildman–Crippen MR) is 157 cm³/mol. The second-order valence-corrected chi connectivity index (χ2v) is 10.0. The Morgan fingerprint density at radius 1 is 0.872 bits per heavy atom. The molecule has 0 unspecified atom stereocenters. The third-order valence-corrected chi connectivity index (χ3v) is 7.18. The summed E-state index contributed by atoms with van der Waals surface area (Å²) in [6.07, 6.45) is 3.88. The Bertz CT molecular complexity index is 1500. The molecule has 1 heterocycles. The number of amides is 1. The summed E-state index contributed by atoms with van der Waals surface area (Å²) >= 11 is 0. The van der Waals surface area contributed by atoms with Gasteiger partial charge in [-0.3, -0.25) is 19.5 Å². The number of carbonyl (C=O) groups is 2. The maximum atomic E-state index is 13.8. The van der Waals surface area contributed by atoms with E-state index in [9.17, 15) is 14.4 Å². The highest BCUT2D eigenvalue weighted by molar-refractivity contribution is 6.05. The largest absolute Gasteiger partial charge is 0.331 e. The standard InChI is InChI=1S/C33H37N3O3/c1-5-7-13-25-17-19-27(20-18-25)32(38)35(21-6-2)22-29(37)30-31(26-14-9-8-10-15-26)34-36(33(30)39)28-16-11-12-23(3)24(28)4/h8-12,14-20,34H,5-7,13,21-22H2,1-4H3. The lowest BCUT2D eigenvalue weighted by Gasteiger charge is -2.21. The van der Waals surface area contributed by atoms with E-state index in [1.54, 1.807) is 4.90 Å². The van der Waals surface area contributed by atoms with Crippen molar-refractivity contribution in [2.24, 2.45) is 0 Å². The van der Waals surface area contributed by atoms with E-state index >= 15 is 0 Å². The number of H-pyrrole nitrogens is 1. The minimum Gasteiger partial charge on any atom is -0.331 e. The first-order chi connectivity index (χ1) is 18.8. The summed E-state index contributed by atoms with van der Waals surface area (Å²) in [5, 5.41) is 3.20. The van der Waals surface area contributed by atoms with Crippen LogP contribution in [-0.4, -0.2) is 39.5 Å². The maximum absolute atomic E-state index is 13.8. The molecule has 3 aromatic carbocycles. The highest BCUT2D eigenvalue weighted by Gasteiger charge is 2.27. The lowest BCUT2D eigenvalue weighted by molar-refractivity contribution is 0.0709. The van der Waals surface area contributed by atoms with Crippen LogP contribution in [0.2, 0.25) is 0 Å². The zero-order valence-corrected chi connectivity index (χ0v) is 23.3. The Morgan fingerprint density at radius 2 is 1.59 bits per heavy atom. The molecule has 1 aromatic heterocycles. The molecule has 0 radical (unpaired) electrons. The molecule has 6 nitrogen and oxygen atoms in total. The maximum Gasteiger partial charge on any atom is 0.282 e. The average molecular weight is 524 g/mol. The number of carbonyl (C=O) groups excluding carboxylic acids is 2. The van der Waals surface area contributed by atoms with Crippen molar-refractivity contribution in [1.29, 1.82) is 0 Å². The van der Waals surface area contributed by atoms with E-state index in [-0.39, 0.29) is 23.8 Å². The fourth-order valence-corrected chi connectivity index (χ4v) is 4.81. The highest BCUT2D eigenvalue weighted by Crippen LogP contribution is 2.23. The van der Waals surface area contributed by atoms with Gasteiger partial charge in [-0.05, 0) is 68.0 Å². The van der Waals surface area contributed by atoms with Gasteiger partial charge in [-0.2, -0.15) is 0 Å². The molecule has 1 amide bonds. The van der Waals surface area contributed by atoms with Gasteiger partial charge >= 0.3 is 0 Å². The van der Waals surface area contributed by atoms with E-state index in [4.69, 9.17) is 0 Å². The zero-order chi connectivity index (χ0) is 27.9. The Morgan fingerprint density at radius 3 is 2.26 bits per heavy atom. The normalized spacial score (nSPS) is 11.0. The van der Waals surface area contributed by atoms with Gasteiger partial charge in [0.05, 0.1) is 17.9 Å². The van der Waals surface area contributed by atoms with Gasteiger partial charge in [0, 0.05) is 17.7 Å². The summed E-state index contributed by atoms with van der Waals surface area (Å²) in [6, 6.07) is 22.7. The van der Waals surface area contributed by atoms with E-state index in [2.05, 4.69) is 12.0 Å². The van der Waals surface area contributed by atoms with Crippen LogP contribution in [0, 0.1) is 13.8 Å². The predicted octanol–water partition coefficient (Wildman–Crippen LogP) is 6.53. The van der Waals surface area contributed by atoms with Gasteiger partial charge in [0.2, 0.25) is 0 Å². The van der Waals surface area contributed by atoms with Crippen molar-refractivity contribution >= 4 is 11.7 Å². The summed E-state index contributed by atoms with van der Waals surface area (Å²) in [5.41, 5.74) is 5.26. The molecule has 0 saturated heterocycles. The van der Waals surface area contributed by atoms with Crippen LogP contribution in [0.25, 0.3) is 16.9 Å². The number of hydrogen-bond donors (Lipinski definition) is 1. The summed E-state index contributed by atoms with van der Waals surface area (Å²) in [5.74, 6) is -0.598. The fraction of sp³-hybridized carbons (Fsp3) is 0.303. The number of nitrogens with zero attached hydrogens (tertiary/aromatic N) is 2. The highest BCUT2D eigenvalue weighted by atomic mass is 16.2. The second kappa shape index (κ2) is 12.6. The summed E-state index contributed by atoms with van der Waals surface area (Å²) in [7, 11) is 0. The van der Waals surface area contributed by atoms with E-state index < -0.39 is 5.56 Å². The fourth-order valence-electron chi connectivity index (χ4n) is 4.81. The molecule has 0 atom stereocenters. The smallest absolute Gasteiger partial charge is 0.282 e. The molecular weight excluding hydrogens is 486 g/mol. The van der Waals surface area contributed by atoms with Crippen LogP contribution in [0.3, 0.4) is 0 Å². The minimum atomic E-state index is -0.420. The number of Topliss-reactive ketones (excluding diaryl/α,β-unsaturated/α-hetero) is 1. The molecule has 0 fully saturated rings. The van der Waals surface area contributed by atoms with Gasteiger partial charge in [-0.25, -0.2) is 4.68 Å². The van der Waals surface area contributed by atoms with Crippen LogP contribution in [0.1, 0.15) is 70.5 Å². The Hall–Kier alpha value is -4.19. The Kier molecular flexibility index (Phi) is 8.97. The number of benzene rings is 3. The Balaban J connectivity index is 1.70. The molecule has 0 spiro atoms. The molecule has 0 aliphatic heterocycles. The molecule has 4 rings (SSSR count). The van der Waals surface area contributed by atoms with Crippen molar-refractivity contribution in [2.45, 2.75) is 53.4 Å². The van der Waals surface area contributed by atoms with Gasteiger partial charge in [0.15, 0.2) is 5.78 Å². The lowest BCUT2D eigenvalue weighted by atomic mass is 10.0. The first kappa shape index (κ1) is 27.8. The third kappa shape index (κ3) is 6.11. The van der Waals surface area contributed by atoms with E-state index in [0.717, 1.165) is 36.0 Å². The van der Waals surface area contributed by atoms with Gasteiger partial charge in [0.1, 0.15) is 5.56 Å². The van der Waals surface area contributed by atoms with Gasteiger partial charge in [-0.1, -0.05) is 74.9 Å². The number of aromatic nitrogens is 2. The van der Waals surface area contributed by atoms with E-state index in [1.807, 2.05) is 93.6 Å². The summed E-state index contributed by atoms with van der Waals surface area (Å²) < 4.78 is 1.44. The Labute approximate surface area is 230 Å². The topological polar surface area (TPSA) is 75.2 Å². The first-order valence-electron chi connectivity index (χ1n) is 13.7. The molecular formula is C33H37N3O3. The number of hydrogen-bond acceptors (Lipinski definition) is 3. The molecule has 0 aliphatic carbocycles. The van der Waals surface area contributed by atoms with Gasteiger partial charge < -0.3 is 4.90 Å². The number of nitrogens with one attached hydrogen (secondary N) is 1. The van der Waals surface area contributed by atoms with E-state index in [0.29, 0.717) is 29.9 Å². The molecule has 0 saturated carbocycles. The number of aromatic amines is 1. The molecule has 0 bridgehead atoms.